The van der Waals surface area contributed by atoms with E-state index in [1.807, 2.05) is 0 Å². The van der Waals surface area contributed by atoms with Crippen LogP contribution in [0.4, 0.5) is 47.9 Å². The number of halogens is 8. The van der Waals surface area contributed by atoms with E-state index in [1.165, 1.54) is 31.6 Å². The molecule has 21 heteroatoms. The Labute approximate surface area is 339 Å². The SMILES string of the molecule is CNC(Cc1cc(F)cc(F)c1)C(=Nc1cc(OC)cc(F)c1C=O)N(C)c1ccc(Cl)c2c(NS(C)=O)nn(C)c12.O=CCn1nc(C(F)F)c2c1C(F)(F)C1CC21. The van der Waals surface area contributed by atoms with Crippen LogP contribution in [0.2, 0.25) is 5.02 Å². The molecule has 1 fully saturated rings. The number of alkyl halides is 4. The quantitative estimate of drug-likeness (QED) is 0.0542. The maximum Gasteiger partial charge on any atom is 0.293 e. The van der Waals surface area contributed by atoms with Crippen molar-refractivity contribution in [1.82, 2.24) is 24.9 Å². The van der Waals surface area contributed by atoms with Crippen molar-refractivity contribution in [2.24, 2.45) is 18.0 Å². The van der Waals surface area contributed by atoms with Gasteiger partial charge in [-0.05, 0) is 55.6 Å². The lowest BCUT2D eigenvalue weighted by molar-refractivity contribution is -0.108. The number of hydrogen-bond donors (Lipinski definition) is 2. The molecule has 0 radical (unpaired) electrons. The van der Waals surface area contributed by atoms with Crippen LogP contribution in [0.1, 0.15) is 51.6 Å². The lowest BCUT2D eigenvalue weighted by Gasteiger charge is -2.29. The molecule has 2 heterocycles. The van der Waals surface area contributed by atoms with Crippen LogP contribution >= 0.6 is 11.6 Å². The maximum atomic E-state index is 14.9. The van der Waals surface area contributed by atoms with Gasteiger partial charge in [0.2, 0.25) is 0 Å². The largest absolute Gasteiger partial charge is 0.497 e. The third kappa shape index (κ3) is 8.42. The summed E-state index contributed by atoms with van der Waals surface area (Å²) in [4.78, 5) is 28.7. The number of aldehydes is 2. The molecule has 0 aliphatic heterocycles. The summed E-state index contributed by atoms with van der Waals surface area (Å²) in [5.74, 6) is -6.15. The molecule has 0 saturated heterocycles. The topological polar surface area (TPSA) is 136 Å². The number of benzene rings is 3. The number of carbonyl (C=O) groups is 2. The number of methoxy groups -OCH3 is 1. The lowest BCUT2D eigenvalue weighted by Crippen LogP contribution is -2.45. The summed E-state index contributed by atoms with van der Waals surface area (Å²) in [5.41, 5.74) is -0.00602. The third-order valence-electron chi connectivity index (χ3n) is 9.97. The molecule has 314 valence electrons. The van der Waals surface area contributed by atoms with Crippen molar-refractivity contribution in [2.75, 3.05) is 37.1 Å². The van der Waals surface area contributed by atoms with E-state index in [0.717, 1.165) is 16.8 Å². The third-order valence-corrected chi connectivity index (χ3v) is 10.8. The van der Waals surface area contributed by atoms with Gasteiger partial charge in [0, 0.05) is 50.0 Å². The molecule has 0 bridgehead atoms. The number of rotatable bonds is 13. The summed E-state index contributed by atoms with van der Waals surface area (Å²) in [7, 11) is 4.92. The van der Waals surface area contributed by atoms with Crippen LogP contribution in [0.3, 0.4) is 0 Å². The van der Waals surface area contributed by atoms with Crippen molar-refractivity contribution in [1.29, 1.82) is 0 Å². The molecular weight excluding hydrogens is 833 g/mol. The van der Waals surface area contributed by atoms with E-state index in [0.29, 0.717) is 45.6 Å². The van der Waals surface area contributed by atoms with Gasteiger partial charge in [-0.1, -0.05) is 11.6 Å². The van der Waals surface area contributed by atoms with Crippen LogP contribution in [0.25, 0.3) is 10.9 Å². The van der Waals surface area contributed by atoms with Gasteiger partial charge in [-0.2, -0.15) is 19.0 Å². The van der Waals surface area contributed by atoms with E-state index >= 15 is 0 Å². The Morgan fingerprint density at radius 2 is 1.83 bits per heavy atom. The Balaban J connectivity index is 0.000000283. The van der Waals surface area contributed by atoms with E-state index < -0.39 is 76.6 Å². The normalized spacial score (nSPS) is 17.5. The maximum absolute atomic E-state index is 14.9. The summed E-state index contributed by atoms with van der Waals surface area (Å²) >= 11 is 6.54. The number of amidine groups is 1. The predicted octanol–water partition coefficient (Wildman–Crippen LogP) is 7.40. The predicted molar refractivity (Wildman–Crippen MR) is 208 cm³/mol. The Morgan fingerprint density at radius 1 is 1.14 bits per heavy atom. The first kappa shape index (κ1) is 43.2. The molecule has 1 saturated carbocycles. The summed E-state index contributed by atoms with van der Waals surface area (Å²) < 4.78 is 118. The molecule has 0 spiro atoms. The first-order valence-electron chi connectivity index (χ1n) is 17.7. The number of ether oxygens (including phenoxy) is 1. The molecular formula is C38H36ClF7N8O4S. The van der Waals surface area contributed by atoms with Crippen LogP contribution in [0.15, 0.2) is 47.5 Å². The first-order chi connectivity index (χ1) is 27.9. The number of aryl methyl sites for hydroxylation is 1. The lowest BCUT2D eigenvalue weighted by atomic mass is 10.0. The molecule has 7 rings (SSSR count). The van der Waals surface area contributed by atoms with Gasteiger partial charge >= 0.3 is 0 Å². The first-order valence-corrected chi connectivity index (χ1v) is 19.6. The highest BCUT2D eigenvalue weighted by Crippen LogP contribution is 2.68. The minimum atomic E-state index is -3.14. The molecule has 3 aromatic carbocycles. The smallest absolute Gasteiger partial charge is 0.293 e. The van der Waals surface area contributed by atoms with E-state index in [2.05, 4.69) is 20.2 Å². The van der Waals surface area contributed by atoms with Crippen molar-refractivity contribution >= 4 is 69.1 Å². The summed E-state index contributed by atoms with van der Waals surface area (Å²) in [6.07, 6.45) is -0.395. The molecule has 0 amide bonds. The number of aromatic nitrogens is 4. The van der Waals surface area contributed by atoms with E-state index in [-0.39, 0.29) is 41.2 Å². The number of nitrogens with zero attached hydrogens (tertiary/aromatic N) is 6. The number of fused-ring (bicyclic) bond motifs is 4. The van der Waals surface area contributed by atoms with Gasteiger partial charge in [-0.3, -0.25) is 18.9 Å². The second-order valence-electron chi connectivity index (χ2n) is 13.7. The zero-order valence-corrected chi connectivity index (χ0v) is 33.4. The molecule has 12 nitrogen and oxygen atoms in total. The standard InChI is InChI=1S/C28H28ClF3N6O3S.C10H8F4N2O/c1-33-23(10-15-8-16(30)11-17(31)9-15)28(34-22-13-18(41-4)12-21(32)19(22)14-39)37(2)24-7-6-20(29)25-26(24)38(3)35-27(25)36-42(5)40;11-9(12)7-6-4-3-5(4)10(13,14)8(6)16(15-7)1-2-17/h6-9,11-14,23,33H,10H2,1-5H3,(H,35,36);2,4-5,9H,1,3H2. The molecule has 2 aromatic heterocycles. The van der Waals surface area contributed by atoms with E-state index in [9.17, 15) is 44.5 Å². The van der Waals surface area contributed by atoms with Gasteiger partial charge in [0.25, 0.3) is 12.3 Å². The van der Waals surface area contributed by atoms with Crippen molar-refractivity contribution in [3.8, 4) is 5.75 Å². The van der Waals surface area contributed by atoms with Gasteiger partial charge in [0.15, 0.2) is 12.1 Å². The zero-order chi connectivity index (χ0) is 43.1. The summed E-state index contributed by atoms with van der Waals surface area (Å²) in [5, 5.41) is 11.8. The molecule has 2 N–H and O–H groups in total. The molecule has 4 unspecified atom stereocenters. The van der Waals surface area contributed by atoms with Crippen LogP contribution in [-0.2, 0) is 41.7 Å². The monoisotopic (exact) mass is 868 g/mol. The van der Waals surface area contributed by atoms with E-state index in [1.54, 1.807) is 42.9 Å². The fourth-order valence-electron chi connectivity index (χ4n) is 7.33. The van der Waals surface area contributed by atoms with Gasteiger partial charge in [0.1, 0.15) is 57.7 Å². The zero-order valence-electron chi connectivity index (χ0n) is 31.9. The summed E-state index contributed by atoms with van der Waals surface area (Å²) in [6.45, 7) is -0.413. The van der Waals surface area contributed by atoms with Crippen LogP contribution in [-0.4, -0.2) is 75.7 Å². The van der Waals surface area contributed by atoms with Crippen LogP contribution < -0.4 is 19.7 Å². The molecule has 5 aromatic rings. The fourth-order valence-corrected chi connectivity index (χ4v) is 7.99. The van der Waals surface area contributed by atoms with Gasteiger partial charge < -0.3 is 19.7 Å². The van der Waals surface area contributed by atoms with Crippen molar-refractivity contribution in [2.45, 2.75) is 43.7 Å². The second kappa shape index (κ2) is 17.1. The number of hydrogen-bond acceptors (Lipinski definition) is 8. The minimum Gasteiger partial charge on any atom is -0.497 e. The molecule has 59 heavy (non-hydrogen) atoms. The van der Waals surface area contributed by atoms with Gasteiger partial charge in [-0.15, -0.1) is 0 Å². The number of anilines is 2. The fraction of sp³-hybridized carbons (Fsp3) is 0.342. The summed E-state index contributed by atoms with van der Waals surface area (Å²) in [6, 6.07) is 8.32. The van der Waals surface area contributed by atoms with Crippen molar-refractivity contribution < 1.29 is 49.3 Å². The highest BCUT2D eigenvalue weighted by atomic mass is 35.5. The Bertz CT molecular complexity index is 2480. The Kier molecular flexibility index (Phi) is 12.5. The highest BCUT2D eigenvalue weighted by molar-refractivity contribution is 7.85. The van der Waals surface area contributed by atoms with Crippen LogP contribution in [0, 0.1) is 23.4 Å². The molecule has 2 aliphatic rings. The average Bonchev–Trinajstić information content (AvgIpc) is 3.71. The van der Waals surface area contributed by atoms with Crippen LogP contribution in [0.5, 0.6) is 5.75 Å². The average molecular weight is 869 g/mol. The highest BCUT2D eigenvalue weighted by Gasteiger charge is 2.67. The number of carbonyl (C=O) groups excluding carboxylic acids is 2. The number of nitrogens with one attached hydrogen (secondary N) is 2. The molecule has 2 aliphatic carbocycles. The molecule has 4 atom stereocenters. The van der Waals surface area contributed by atoms with Gasteiger partial charge in [-0.25, -0.2) is 31.2 Å². The Hall–Kier alpha value is -5.34. The van der Waals surface area contributed by atoms with Crippen molar-refractivity contribution in [3.05, 3.63) is 93.0 Å². The minimum absolute atomic E-state index is 0.0201. The van der Waals surface area contributed by atoms with E-state index in [4.69, 9.17) is 21.3 Å². The van der Waals surface area contributed by atoms with Crippen molar-refractivity contribution in [3.63, 3.8) is 0 Å². The number of aliphatic imine (C=N–C) groups is 1. The second-order valence-corrected chi connectivity index (χ2v) is 15.2. The van der Waals surface area contributed by atoms with Gasteiger partial charge in [0.05, 0.1) is 52.6 Å². The Morgan fingerprint density at radius 3 is 2.42 bits per heavy atom. The number of likely N-dealkylation sites (N-methyl/N-ethyl adjacent to an activating group) is 2.